The van der Waals surface area contributed by atoms with E-state index in [4.69, 9.17) is 0 Å². The number of halogens is 1. The number of unbranched alkanes of at least 4 members (excludes halogenated alkanes) is 1. The van der Waals surface area contributed by atoms with E-state index in [9.17, 15) is 14.4 Å². The molecule has 6 heteroatoms. The zero-order valence-corrected chi connectivity index (χ0v) is 13.6. The van der Waals surface area contributed by atoms with Gasteiger partial charge in [-0.3, -0.25) is 14.2 Å². The predicted octanol–water partition coefficient (Wildman–Crippen LogP) is 1.92. The van der Waals surface area contributed by atoms with Gasteiger partial charge in [0.25, 0.3) is 11.5 Å². The molecule has 0 aliphatic carbocycles. The Morgan fingerprint density at radius 2 is 1.90 bits per heavy atom. The monoisotopic (exact) mass is 397 g/mol. The third-order valence-corrected chi connectivity index (χ3v) is 3.74. The molecule has 0 atom stereocenters. The summed E-state index contributed by atoms with van der Waals surface area (Å²) in [5, 5.41) is 0. The average Bonchev–Trinajstić information content (AvgIpc) is 2.50. The molecular weight excluding hydrogens is 383 g/mol. The van der Waals surface area contributed by atoms with Crippen molar-refractivity contribution in [1.29, 1.82) is 0 Å². The summed E-state index contributed by atoms with van der Waals surface area (Å²) < 4.78 is 2.43. The van der Waals surface area contributed by atoms with Crippen LogP contribution in [-0.2, 0) is 6.54 Å². The van der Waals surface area contributed by atoms with Crippen LogP contribution in [0.5, 0.6) is 0 Å². The Labute approximate surface area is 135 Å². The topological polar surface area (TPSA) is 61.1 Å². The van der Waals surface area contributed by atoms with E-state index in [1.807, 2.05) is 35.9 Å². The number of hydrogen-bond donors (Lipinski definition) is 0. The van der Waals surface area contributed by atoms with Crippen molar-refractivity contribution < 1.29 is 4.79 Å². The molecule has 0 saturated heterocycles. The van der Waals surface area contributed by atoms with Gasteiger partial charge in [0.15, 0.2) is 0 Å². The van der Waals surface area contributed by atoms with Crippen molar-refractivity contribution in [2.24, 2.45) is 0 Å². The van der Waals surface area contributed by atoms with Crippen LogP contribution >= 0.6 is 22.6 Å². The van der Waals surface area contributed by atoms with Crippen LogP contribution in [-0.4, -0.2) is 15.0 Å². The summed E-state index contributed by atoms with van der Waals surface area (Å²) >= 11 is 1.84. The van der Waals surface area contributed by atoms with E-state index in [0.717, 1.165) is 0 Å². The fraction of sp³-hybridized carbons (Fsp3) is 0.200. The third kappa shape index (κ3) is 3.31. The first-order valence-electron chi connectivity index (χ1n) is 6.46. The van der Waals surface area contributed by atoms with Crippen LogP contribution in [0.25, 0.3) is 0 Å². The van der Waals surface area contributed by atoms with Crippen LogP contribution in [0, 0.1) is 9.99 Å². The lowest BCUT2D eigenvalue weighted by molar-refractivity contribution is 0.0948. The van der Waals surface area contributed by atoms with E-state index in [1.165, 1.54) is 10.8 Å². The molecule has 1 aromatic carbocycles. The fourth-order valence-corrected chi connectivity index (χ4v) is 2.46. The Morgan fingerprint density at radius 3 is 2.52 bits per heavy atom. The summed E-state index contributed by atoms with van der Waals surface area (Å²) in [5.74, 6) is -0.599. The number of benzene rings is 1. The molecule has 2 aromatic rings. The summed E-state index contributed by atoms with van der Waals surface area (Å²) in [6.45, 7) is 2.33. The molecule has 0 fully saturated rings. The Balaban J connectivity index is 2.58. The van der Waals surface area contributed by atoms with Crippen molar-refractivity contribution in [3.63, 3.8) is 0 Å². The maximum Gasteiger partial charge on any atom is 0.338 e. The van der Waals surface area contributed by atoms with Gasteiger partial charge in [-0.15, -0.1) is 0 Å². The van der Waals surface area contributed by atoms with Crippen molar-refractivity contribution in [1.82, 2.24) is 9.13 Å². The molecule has 0 spiro atoms. The molecule has 0 aliphatic heterocycles. The van der Waals surface area contributed by atoms with Gasteiger partial charge in [-0.25, -0.2) is 4.79 Å². The van der Waals surface area contributed by atoms with Gasteiger partial charge in [0.1, 0.15) is 0 Å². The van der Waals surface area contributed by atoms with Crippen molar-refractivity contribution in [3.05, 3.63) is 72.9 Å². The van der Waals surface area contributed by atoms with E-state index in [2.05, 4.69) is 0 Å². The molecular formula is C15H14IN2O3. The maximum atomic E-state index is 12.4. The van der Waals surface area contributed by atoms with E-state index < -0.39 is 17.2 Å². The van der Waals surface area contributed by atoms with Crippen molar-refractivity contribution >= 4 is 28.5 Å². The number of nitrogens with zero attached hydrogens (tertiary/aromatic N) is 2. The minimum absolute atomic E-state index is 0.312. The maximum absolute atomic E-state index is 12.4. The van der Waals surface area contributed by atoms with Gasteiger partial charge < -0.3 is 0 Å². The van der Waals surface area contributed by atoms with Crippen LogP contribution in [0.3, 0.4) is 0 Å². The molecule has 1 radical (unpaired) electrons. The molecule has 1 heterocycles. The molecule has 0 bridgehead atoms. The van der Waals surface area contributed by atoms with E-state index in [-0.39, 0.29) is 0 Å². The third-order valence-electron chi connectivity index (χ3n) is 3.00. The minimum atomic E-state index is -0.601. The first-order valence-corrected chi connectivity index (χ1v) is 7.53. The minimum Gasteiger partial charge on any atom is -0.299 e. The molecule has 0 unspecified atom stereocenters. The zero-order valence-electron chi connectivity index (χ0n) is 11.5. The van der Waals surface area contributed by atoms with Crippen LogP contribution in [0.15, 0.2) is 46.1 Å². The lowest BCUT2D eigenvalue weighted by atomic mass is 10.2. The van der Waals surface area contributed by atoms with Crippen molar-refractivity contribution in [2.45, 2.75) is 19.9 Å². The number of rotatable bonds is 4. The first-order chi connectivity index (χ1) is 10.1. The smallest absolute Gasteiger partial charge is 0.299 e. The van der Waals surface area contributed by atoms with Crippen LogP contribution < -0.4 is 11.2 Å². The van der Waals surface area contributed by atoms with Gasteiger partial charge in [0.2, 0.25) is 0 Å². The standard InChI is InChI=1S/C15H14IN2O3/c1-2-3-9-17-10-12(16)14(20)18(15(17)21)13(19)11-7-5-4-6-8-11/h2,4-8,10H,3,9H2,1H3. The number of aromatic nitrogens is 2. The van der Waals surface area contributed by atoms with Crippen molar-refractivity contribution in [2.75, 3.05) is 0 Å². The highest BCUT2D eigenvalue weighted by atomic mass is 127. The Kier molecular flexibility index (Phi) is 5.11. The number of hydrogen-bond acceptors (Lipinski definition) is 3. The van der Waals surface area contributed by atoms with Crippen molar-refractivity contribution in [3.8, 4) is 0 Å². The summed E-state index contributed by atoms with van der Waals surface area (Å²) in [6, 6.07) is 8.31. The molecule has 21 heavy (non-hydrogen) atoms. The molecule has 0 amide bonds. The quantitative estimate of drug-likeness (QED) is 0.741. The van der Waals surface area contributed by atoms with Crippen LogP contribution in [0.1, 0.15) is 23.7 Å². The first kappa shape index (κ1) is 15.7. The van der Waals surface area contributed by atoms with Gasteiger partial charge in [0.05, 0.1) is 3.57 Å². The zero-order chi connectivity index (χ0) is 15.4. The van der Waals surface area contributed by atoms with Gasteiger partial charge in [-0.1, -0.05) is 25.1 Å². The summed E-state index contributed by atoms with van der Waals surface area (Å²) in [6.07, 6.45) is 4.10. The van der Waals surface area contributed by atoms with E-state index in [1.54, 1.807) is 30.3 Å². The molecule has 5 nitrogen and oxygen atoms in total. The summed E-state index contributed by atoms with van der Waals surface area (Å²) in [5.41, 5.74) is -0.866. The number of carbonyl (C=O) groups is 1. The predicted molar refractivity (Wildman–Crippen MR) is 88.4 cm³/mol. The highest BCUT2D eigenvalue weighted by Crippen LogP contribution is 2.02. The SMILES string of the molecule is C[CH]CCn1cc(I)c(=O)n(C(=O)c2ccccc2)c1=O. The second-order valence-corrected chi connectivity index (χ2v) is 5.62. The molecule has 0 saturated carbocycles. The van der Waals surface area contributed by atoms with Gasteiger partial charge >= 0.3 is 5.69 Å². The normalized spacial score (nSPS) is 10.6. The van der Waals surface area contributed by atoms with Gasteiger partial charge in [-0.2, -0.15) is 4.57 Å². The largest absolute Gasteiger partial charge is 0.338 e. The molecule has 2 rings (SSSR count). The van der Waals surface area contributed by atoms with E-state index in [0.29, 0.717) is 26.7 Å². The van der Waals surface area contributed by atoms with Crippen LogP contribution in [0.2, 0.25) is 0 Å². The second kappa shape index (κ2) is 6.84. The molecule has 109 valence electrons. The summed E-state index contributed by atoms with van der Waals surface area (Å²) in [7, 11) is 0. The highest BCUT2D eigenvalue weighted by molar-refractivity contribution is 14.1. The second-order valence-electron chi connectivity index (χ2n) is 4.46. The van der Waals surface area contributed by atoms with Crippen LogP contribution in [0.4, 0.5) is 0 Å². The highest BCUT2D eigenvalue weighted by Gasteiger charge is 2.17. The Morgan fingerprint density at radius 1 is 1.24 bits per heavy atom. The summed E-state index contributed by atoms with van der Waals surface area (Å²) in [4.78, 5) is 36.9. The Bertz CT molecular complexity index is 763. The number of aryl methyl sites for hydroxylation is 1. The van der Waals surface area contributed by atoms with Gasteiger partial charge in [0, 0.05) is 18.3 Å². The fourth-order valence-electron chi connectivity index (χ4n) is 1.89. The molecule has 0 N–H and O–H groups in total. The average molecular weight is 397 g/mol. The lowest BCUT2D eigenvalue weighted by Gasteiger charge is -2.09. The Hall–Kier alpha value is -1.70. The molecule has 1 aromatic heterocycles. The molecule has 0 aliphatic rings. The lowest BCUT2D eigenvalue weighted by Crippen LogP contribution is -2.44. The van der Waals surface area contributed by atoms with Gasteiger partial charge in [-0.05, 0) is 47.6 Å². The van der Waals surface area contributed by atoms with E-state index >= 15 is 0 Å². The number of carbonyl (C=O) groups excluding carboxylic acids is 1.